The number of nitrogens with zero attached hydrogens (tertiary/aromatic N) is 2. The van der Waals surface area contributed by atoms with Crippen LogP contribution in [0.4, 0.5) is 5.00 Å². The normalized spacial score (nSPS) is 10.9. The van der Waals surface area contributed by atoms with Crippen molar-refractivity contribution >= 4 is 33.9 Å². The fourth-order valence-corrected chi connectivity index (χ4v) is 4.34. The molecule has 1 aromatic carbocycles. The third kappa shape index (κ3) is 3.71. The van der Waals surface area contributed by atoms with Gasteiger partial charge in [-0.25, -0.2) is 9.78 Å². The molecular formula is C23H21N3O3S. The Balaban J connectivity index is 1.73. The van der Waals surface area contributed by atoms with Gasteiger partial charge in [0.25, 0.3) is 5.91 Å². The predicted molar refractivity (Wildman–Crippen MR) is 118 cm³/mol. The molecule has 0 aliphatic heterocycles. The number of thiophene rings is 1. The van der Waals surface area contributed by atoms with E-state index in [9.17, 15) is 9.59 Å². The summed E-state index contributed by atoms with van der Waals surface area (Å²) in [6.45, 7) is 5.79. The largest absolute Gasteiger partial charge is 0.462 e. The minimum Gasteiger partial charge on any atom is -0.462 e. The van der Waals surface area contributed by atoms with E-state index in [2.05, 4.69) is 10.3 Å². The number of fused-ring (bicyclic) bond motifs is 1. The standard InChI is InChI=1S/C23H21N3O3S/c1-4-29-23(28)17-13-18(16-8-6-5-7-9-16)30-22(17)25-21(27)20-15(3)24-19-12-14(2)10-11-26(19)20/h5-13H,4H2,1-3H3,(H,25,27). The van der Waals surface area contributed by atoms with Crippen molar-refractivity contribution < 1.29 is 14.3 Å². The second-order valence-electron chi connectivity index (χ2n) is 6.87. The first-order chi connectivity index (χ1) is 14.5. The zero-order valence-electron chi connectivity index (χ0n) is 16.9. The van der Waals surface area contributed by atoms with Crippen molar-refractivity contribution in [1.82, 2.24) is 9.38 Å². The van der Waals surface area contributed by atoms with Crippen LogP contribution in [0.25, 0.3) is 16.1 Å². The molecule has 0 atom stereocenters. The average Bonchev–Trinajstić information content (AvgIpc) is 3.28. The number of pyridine rings is 1. The summed E-state index contributed by atoms with van der Waals surface area (Å²) in [5, 5.41) is 3.37. The fraction of sp³-hybridized carbons (Fsp3) is 0.174. The van der Waals surface area contributed by atoms with Gasteiger partial charge >= 0.3 is 5.97 Å². The molecule has 0 radical (unpaired) electrons. The number of nitrogens with one attached hydrogen (secondary N) is 1. The van der Waals surface area contributed by atoms with Crippen molar-refractivity contribution in [2.75, 3.05) is 11.9 Å². The van der Waals surface area contributed by atoms with Crippen LogP contribution >= 0.6 is 11.3 Å². The molecule has 0 fully saturated rings. The summed E-state index contributed by atoms with van der Waals surface area (Å²) in [5.74, 6) is -0.785. The van der Waals surface area contributed by atoms with Gasteiger partial charge in [-0.1, -0.05) is 30.3 Å². The molecule has 1 amide bonds. The number of imidazole rings is 1. The molecule has 6 nitrogen and oxygen atoms in total. The Bertz CT molecular complexity index is 1240. The third-order valence-electron chi connectivity index (χ3n) is 4.68. The van der Waals surface area contributed by atoms with Gasteiger partial charge in [-0.2, -0.15) is 0 Å². The summed E-state index contributed by atoms with van der Waals surface area (Å²) in [4.78, 5) is 31.0. The second-order valence-corrected chi connectivity index (χ2v) is 7.92. The second kappa shape index (κ2) is 8.12. The van der Waals surface area contributed by atoms with Crippen LogP contribution in [0.5, 0.6) is 0 Å². The monoisotopic (exact) mass is 419 g/mol. The molecule has 7 heteroatoms. The number of anilines is 1. The summed E-state index contributed by atoms with van der Waals surface area (Å²) in [6.07, 6.45) is 1.83. The van der Waals surface area contributed by atoms with Gasteiger partial charge in [0.15, 0.2) is 0 Å². The number of hydrogen-bond acceptors (Lipinski definition) is 5. The number of rotatable bonds is 5. The summed E-state index contributed by atoms with van der Waals surface area (Å²) in [7, 11) is 0. The lowest BCUT2D eigenvalue weighted by Crippen LogP contribution is -2.17. The lowest BCUT2D eigenvalue weighted by Gasteiger charge is -2.07. The smallest absolute Gasteiger partial charge is 0.341 e. The molecule has 0 saturated heterocycles. The molecule has 0 aliphatic carbocycles. The van der Waals surface area contributed by atoms with Crippen LogP contribution in [0.15, 0.2) is 54.7 Å². The third-order valence-corrected chi connectivity index (χ3v) is 5.78. The van der Waals surface area contributed by atoms with E-state index in [1.165, 1.54) is 11.3 Å². The van der Waals surface area contributed by atoms with Gasteiger partial charge in [-0.15, -0.1) is 11.3 Å². The predicted octanol–water partition coefficient (Wildman–Crippen LogP) is 5.11. The summed E-state index contributed by atoms with van der Waals surface area (Å²) in [6, 6.07) is 15.3. The Labute approximate surface area is 178 Å². The van der Waals surface area contributed by atoms with Crippen molar-refractivity contribution in [3.8, 4) is 10.4 Å². The minimum absolute atomic E-state index is 0.258. The van der Waals surface area contributed by atoms with Crippen LogP contribution in [0.1, 0.15) is 39.0 Å². The maximum Gasteiger partial charge on any atom is 0.341 e. The van der Waals surface area contributed by atoms with Gasteiger partial charge in [0.2, 0.25) is 0 Å². The van der Waals surface area contributed by atoms with Crippen LogP contribution in [0.3, 0.4) is 0 Å². The molecule has 0 aliphatic rings. The quantitative estimate of drug-likeness (QED) is 0.456. The molecule has 1 N–H and O–H groups in total. The van der Waals surface area contributed by atoms with E-state index in [1.54, 1.807) is 24.3 Å². The van der Waals surface area contributed by atoms with Crippen LogP contribution in [-0.4, -0.2) is 27.9 Å². The van der Waals surface area contributed by atoms with Gasteiger partial charge < -0.3 is 10.1 Å². The van der Waals surface area contributed by atoms with Crippen molar-refractivity contribution in [1.29, 1.82) is 0 Å². The number of aromatic nitrogens is 2. The van der Waals surface area contributed by atoms with E-state index in [0.29, 0.717) is 27.6 Å². The number of carbonyl (C=O) groups excluding carboxylic acids is 2. The molecule has 0 spiro atoms. The summed E-state index contributed by atoms with van der Waals surface area (Å²) >= 11 is 1.34. The minimum atomic E-state index is -0.461. The van der Waals surface area contributed by atoms with Crippen LogP contribution in [0, 0.1) is 13.8 Å². The molecule has 0 bridgehead atoms. The highest BCUT2D eigenvalue weighted by atomic mass is 32.1. The molecule has 4 rings (SSSR count). The number of hydrogen-bond donors (Lipinski definition) is 1. The Morgan fingerprint density at radius 1 is 1.13 bits per heavy atom. The molecule has 0 saturated carbocycles. The van der Waals surface area contributed by atoms with Gasteiger partial charge in [0.05, 0.1) is 17.9 Å². The van der Waals surface area contributed by atoms with Crippen molar-refractivity contribution in [2.45, 2.75) is 20.8 Å². The zero-order valence-corrected chi connectivity index (χ0v) is 17.7. The topological polar surface area (TPSA) is 72.7 Å². The highest BCUT2D eigenvalue weighted by molar-refractivity contribution is 7.20. The van der Waals surface area contributed by atoms with E-state index in [1.807, 2.05) is 55.6 Å². The Kier molecular flexibility index (Phi) is 5.37. The first-order valence-electron chi connectivity index (χ1n) is 9.61. The Hall–Kier alpha value is -3.45. The average molecular weight is 420 g/mol. The van der Waals surface area contributed by atoms with Crippen LogP contribution < -0.4 is 5.32 Å². The number of aryl methyl sites for hydroxylation is 2. The SMILES string of the molecule is CCOC(=O)c1cc(-c2ccccc2)sc1NC(=O)c1c(C)nc2cc(C)ccn12. The van der Waals surface area contributed by atoms with E-state index in [4.69, 9.17) is 4.74 Å². The zero-order chi connectivity index (χ0) is 21.3. The van der Waals surface area contributed by atoms with Gasteiger partial charge in [-0.3, -0.25) is 9.20 Å². The molecule has 152 valence electrons. The van der Waals surface area contributed by atoms with Gasteiger partial charge in [0, 0.05) is 11.1 Å². The molecular weight excluding hydrogens is 398 g/mol. The highest BCUT2D eigenvalue weighted by Crippen LogP contribution is 2.36. The van der Waals surface area contributed by atoms with E-state index in [0.717, 1.165) is 16.0 Å². The van der Waals surface area contributed by atoms with Crippen molar-refractivity contribution in [3.63, 3.8) is 0 Å². The number of benzene rings is 1. The first-order valence-corrected chi connectivity index (χ1v) is 10.4. The van der Waals surface area contributed by atoms with Gasteiger partial charge in [0.1, 0.15) is 16.3 Å². The van der Waals surface area contributed by atoms with Crippen molar-refractivity contribution in [3.05, 3.63) is 77.2 Å². The lowest BCUT2D eigenvalue weighted by molar-refractivity contribution is 0.0528. The Morgan fingerprint density at radius 3 is 2.63 bits per heavy atom. The molecule has 3 aromatic heterocycles. The van der Waals surface area contributed by atoms with Crippen LogP contribution in [0.2, 0.25) is 0 Å². The number of esters is 1. The molecule has 30 heavy (non-hydrogen) atoms. The number of amides is 1. The van der Waals surface area contributed by atoms with E-state index in [-0.39, 0.29) is 12.5 Å². The van der Waals surface area contributed by atoms with E-state index >= 15 is 0 Å². The molecule has 3 heterocycles. The molecule has 0 unspecified atom stereocenters. The van der Waals surface area contributed by atoms with E-state index < -0.39 is 5.97 Å². The number of ether oxygens (including phenoxy) is 1. The number of carbonyl (C=O) groups is 2. The summed E-state index contributed by atoms with van der Waals surface area (Å²) in [5.41, 5.74) is 4.14. The summed E-state index contributed by atoms with van der Waals surface area (Å²) < 4.78 is 6.95. The highest BCUT2D eigenvalue weighted by Gasteiger charge is 2.23. The van der Waals surface area contributed by atoms with Crippen molar-refractivity contribution in [2.24, 2.45) is 0 Å². The first kappa shape index (κ1) is 19.8. The lowest BCUT2D eigenvalue weighted by atomic mass is 10.1. The van der Waals surface area contributed by atoms with Gasteiger partial charge in [-0.05, 0) is 50.1 Å². The Morgan fingerprint density at radius 2 is 1.90 bits per heavy atom. The van der Waals surface area contributed by atoms with Crippen LogP contribution in [-0.2, 0) is 4.74 Å². The maximum absolute atomic E-state index is 13.2. The maximum atomic E-state index is 13.2. The fourth-order valence-electron chi connectivity index (χ4n) is 3.29. The molecule has 4 aromatic rings.